The monoisotopic (exact) mass is 345 g/mol. The second-order valence-electron chi connectivity index (χ2n) is 4.73. The van der Waals surface area contributed by atoms with E-state index in [-0.39, 0.29) is 22.2 Å². The number of thioether (sulfide) groups is 1. The maximum Gasteiger partial charge on any atom is 0.344 e. The molecule has 0 radical (unpaired) electrons. The predicted molar refractivity (Wildman–Crippen MR) is 89.4 cm³/mol. The molecule has 122 valence electrons. The zero-order valence-corrected chi connectivity index (χ0v) is 13.3. The fraction of sp³-hybridized carbons (Fsp3) is 0.0588. The molecule has 2 aromatic rings. The number of methoxy groups -OCH3 is 1. The second-order valence-corrected chi connectivity index (χ2v) is 5.77. The van der Waals surface area contributed by atoms with Crippen molar-refractivity contribution in [2.75, 3.05) is 7.11 Å². The van der Waals surface area contributed by atoms with Crippen LogP contribution in [0.3, 0.4) is 0 Å². The third-order valence-electron chi connectivity index (χ3n) is 3.15. The van der Waals surface area contributed by atoms with Crippen LogP contribution in [0, 0.1) is 5.82 Å². The van der Waals surface area contributed by atoms with E-state index in [9.17, 15) is 14.3 Å². The van der Waals surface area contributed by atoms with Gasteiger partial charge >= 0.3 is 5.97 Å². The number of aliphatic imine (C=N–C) groups is 1. The number of ether oxygens (including phenoxy) is 1. The lowest BCUT2D eigenvalue weighted by atomic mass is 10.2. The number of furan rings is 1. The van der Waals surface area contributed by atoms with Crippen molar-refractivity contribution in [1.82, 2.24) is 0 Å². The Morgan fingerprint density at radius 2 is 2.08 bits per heavy atom. The fourth-order valence-electron chi connectivity index (χ4n) is 2.03. The van der Waals surface area contributed by atoms with Gasteiger partial charge in [0.25, 0.3) is 0 Å². The molecular formula is C17H12FNO4S. The van der Waals surface area contributed by atoms with Crippen LogP contribution < -0.4 is 0 Å². The summed E-state index contributed by atoms with van der Waals surface area (Å²) in [4.78, 5) is 16.7. The molecule has 1 aromatic carbocycles. The first-order chi connectivity index (χ1) is 11.6. The molecule has 2 heterocycles. The maximum absolute atomic E-state index is 13.0. The second kappa shape index (κ2) is 6.76. The Morgan fingerprint density at radius 1 is 1.33 bits per heavy atom. The molecule has 0 amide bonds. The van der Waals surface area contributed by atoms with Crippen molar-refractivity contribution in [2.45, 2.75) is 0 Å². The number of rotatable bonds is 3. The Balaban J connectivity index is 2.03. The van der Waals surface area contributed by atoms with E-state index in [2.05, 4.69) is 4.99 Å². The third kappa shape index (κ3) is 3.26. The molecule has 7 heteroatoms. The van der Waals surface area contributed by atoms with Gasteiger partial charge in [0.1, 0.15) is 28.0 Å². The molecule has 0 unspecified atom stereocenters. The highest BCUT2D eigenvalue weighted by atomic mass is 32.2. The first-order valence-electron chi connectivity index (χ1n) is 6.88. The van der Waals surface area contributed by atoms with Gasteiger partial charge in [-0.3, -0.25) is 0 Å². The summed E-state index contributed by atoms with van der Waals surface area (Å²) < 4.78 is 22.9. The van der Waals surface area contributed by atoms with Crippen LogP contribution in [0.1, 0.15) is 5.76 Å². The number of benzene rings is 1. The van der Waals surface area contributed by atoms with Crippen molar-refractivity contribution >= 4 is 34.5 Å². The summed E-state index contributed by atoms with van der Waals surface area (Å²) in [5.41, 5.74) is 0.414. The summed E-state index contributed by atoms with van der Waals surface area (Å²) in [6, 6.07) is 8.90. The van der Waals surface area contributed by atoms with Gasteiger partial charge in [0.2, 0.25) is 0 Å². The minimum atomic E-state index is -0.705. The van der Waals surface area contributed by atoms with Crippen molar-refractivity contribution in [1.29, 1.82) is 0 Å². The smallest absolute Gasteiger partial charge is 0.344 e. The van der Waals surface area contributed by atoms with E-state index in [1.54, 1.807) is 18.2 Å². The van der Waals surface area contributed by atoms with Crippen LogP contribution in [0.15, 0.2) is 68.3 Å². The van der Waals surface area contributed by atoms with E-state index in [1.807, 2.05) is 0 Å². The number of nitrogens with zero attached hydrogens (tertiary/aromatic N) is 1. The van der Waals surface area contributed by atoms with Gasteiger partial charge in [0.05, 0.1) is 24.0 Å². The number of carbonyl (C=O) groups excluding carboxylic acids is 1. The number of aliphatic hydroxyl groups is 1. The zero-order chi connectivity index (χ0) is 17.1. The summed E-state index contributed by atoms with van der Waals surface area (Å²) in [7, 11) is 1.22. The van der Waals surface area contributed by atoms with E-state index < -0.39 is 5.97 Å². The summed E-state index contributed by atoms with van der Waals surface area (Å²) in [6.45, 7) is 0. The molecule has 0 aliphatic carbocycles. The molecule has 1 aromatic heterocycles. The fourth-order valence-corrected chi connectivity index (χ4v) is 3.04. The summed E-state index contributed by atoms with van der Waals surface area (Å²) in [5.74, 6) is -0.799. The number of aliphatic hydroxyl groups excluding tert-OH is 1. The maximum atomic E-state index is 13.0. The molecule has 24 heavy (non-hydrogen) atoms. The first kappa shape index (κ1) is 16.1. The van der Waals surface area contributed by atoms with Gasteiger partial charge in [-0.25, -0.2) is 14.2 Å². The third-order valence-corrected chi connectivity index (χ3v) is 4.17. The van der Waals surface area contributed by atoms with Crippen molar-refractivity contribution in [3.05, 3.63) is 70.5 Å². The van der Waals surface area contributed by atoms with Crippen molar-refractivity contribution in [3.8, 4) is 0 Å². The van der Waals surface area contributed by atoms with Gasteiger partial charge in [-0.1, -0.05) is 11.8 Å². The molecule has 5 nitrogen and oxygen atoms in total. The van der Waals surface area contributed by atoms with Gasteiger partial charge in [0, 0.05) is 0 Å². The molecular weight excluding hydrogens is 333 g/mol. The average molecular weight is 345 g/mol. The highest BCUT2D eigenvalue weighted by Crippen LogP contribution is 2.40. The molecule has 0 bridgehead atoms. The van der Waals surface area contributed by atoms with Crippen LogP contribution in [0.5, 0.6) is 0 Å². The van der Waals surface area contributed by atoms with E-state index in [4.69, 9.17) is 9.15 Å². The van der Waals surface area contributed by atoms with Gasteiger partial charge in [-0.2, -0.15) is 0 Å². The van der Waals surface area contributed by atoms with Crippen LogP contribution in [0.4, 0.5) is 10.1 Å². The zero-order valence-electron chi connectivity index (χ0n) is 12.5. The Bertz CT molecular complexity index is 851. The topological polar surface area (TPSA) is 72.0 Å². The van der Waals surface area contributed by atoms with Crippen molar-refractivity contribution in [2.24, 2.45) is 4.99 Å². The minimum Gasteiger partial charge on any atom is -0.506 e. The van der Waals surface area contributed by atoms with Gasteiger partial charge in [0.15, 0.2) is 0 Å². The van der Waals surface area contributed by atoms with Crippen LogP contribution in [-0.4, -0.2) is 23.2 Å². The van der Waals surface area contributed by atoms with Gasteiger partial charge < -0.3 is 14.3 Å². The van der Waals surface area contributed by atoms with Crippen LogP contribution in [0.2, 0.25) is 0 Å². The Kier molecular flexibility index (Phi) is 4.52. The Morgan fingerprint density at radius 3 is 2.71 bits per heavy atom. The molecule has 1 N–H and O–H groups in total. The first-order valence-corrected chi connectivity index (χ1v) is 7.69. The van der Waals surface area contributed by atoms with E-state index in [1.165, 1.54) is 37.6 Å². The number of hydrogen-bond donors (Lipinski definition) is 1. The minimum absolute atomic E-state index is 0.0374. The van der Waals surface area contributed by atoms with Gasteiger partial charge in [-0.05, 0) is 42.5 Å². The molecule has 0 spiro atoms. The molecule has 1 aliphatic rings. The molecule has 0 fully saturated rings. The molecule has 3 rings (SSSR count). The normalized spacial score (nSPS) is 17.8. The molecule has 0 atom stereocenters. The lowest BCUT2D eigenvalue weighted by Crippen LogP contribution is -2.10. The summed E-state index contributed by atoms with van der Waals surface area (Å²) >= 11 is 1.10. The Hall–Kier alpha value is -2.80. The number of halogens is 1. The van der Waals surface area contributed by atoms with Crippen molar-refractivity contribution < 1.29 is 23.4 Å². The molecule has 0 saturated carbocycles. The average Bonchev–Trinajstić information content (AvgIpc) is 3.18. The molecule has 0 saturated heterocycles. The largest absolute Gasteiger partial charge is 0.506 e. The standard InChI is InChI=1S/C17H12FNO4S/c1-22-17(21)14-15(20)13(9-12-3-2-8-23-12)24-16(14)19-11-6-4-10(18)5-7-11/h2-9,20H,1H3/b13-9-,19-16?. The van der Waals surface area contributed by atoms with E-state index >= 15 is 0 Å². The number of hydrogen-bond acceptors (Lipinski definition) is 6. The van der Waals surface area contributed by atoms with Crippen LogP contribution in [-0.2, 0) is 9.53 Å². The SMILES string of the molecule is COC(=O)C1=C(O)/C(=C/c2ccco2)SC1=Nc1ccc(F)cc1. The number of esters is 1. The van der Waals surface area contributed by atoms with E-state index in [0.29, 0.717) is 16.4 Å². The highest BCUT2D eigenvalue weighted by molar-refractivity contribution is 8.18. The number of carbonyl (C=O) groups is 1. The highest BCUT2D eigenvalue weighted by Gasteiger charge is 2.33. The summed E-state index contributed by atoms with van der Waals surface area (Å²) in [5, 5.41) is 10.6. The Labute approximate surface area is 141 Å². The predicted octanol–water partition coefficient (Wildman–Crippen LogP) is 4.22. The van der Waals surface area contributed by atoms with Crippen LogP contribution >= 0.6 is 11.8 Å². The van der Waals surface area contributed by atoms with Gasteiger partial charge in [-0.15, -0.1) is 0 Å². The lowest BCUT2D eigenvalue weighted by Gasteiger charge is -2.01. The van der Waals surface area contributed by atoms with Crippen molar-refractivity contribution in [3.63, 3.8) is 0 Å². The molecule has 1 aliphatic heterocycles. The van der Waals surface area contributed by atoms with E-state index in [0.717, 1.165) is 11.8 Å². The summed E-state index contributed by atoms with van der Waals surface area (Å²) in [6.07, 6.45) is 3.09. The lowest BCUT2D eigenvalue weighted by molar-refractivity contribution is -0.135. The quantitative estimate of drug-likeness (QED) is 0.843. The van der Waals surface area contributed by atoms with Crippen LogP contribution in [0.25, 0.3) is 6.08 Å².